The van der Waals surface area contributed by atoms with E-state index in [4.69, 9.17) is 14.4 Å². The van der Waals surface area contributed by atoms with E-state index in [0.717, 1.165) is 18.5 Å². The molecule has 7 nitrogen and oxygen atoms in total. The Morgan fingerprint density at radius 2 is 1.63 bits per heavy atom. The zero-order chi connectivity index (χ0) is 23.2. The van der Waals surface area contributed by atoms with Crippen LogP contribution in [0.4, 0.5) is 4.79 Å². The van der Waals surface area contributed by atoms with E-state index >= 15 is 0 Å². The van der Waals surface area contributed by atoms with Crippen LogP contribution in [0.2, 0.25) is 0 Å². The van der Waals surface area contributed by atoms with Crippen LogP contribution in [-0.4, -0.2) is 86.9 Å². The molecule has 1 rings (SSSR count). The molecule has 0 N–H and O–H groups in total. The van der Waals surface area contributed by atoms with Crippen LogP contribution in [0.15, 0.2) is 30.3 Å². The Morgan fingerprint density at radius 1 is 1.07 bits per heavy atom. The van der Waals surface area contributed by atoms with Crippen molar-refractivity contribution in [1.82, 2.24) is 4.90 Å². The van der Waals surface area contributed by atoms with Crippen molar-refractivity contribution >= 4 is 6.09 Å². The summed E-state index contributed by atoms with van der Waals surface area (Å²) in [7, 11) is 11.5. The highest BCUT2D eigenvalue weighted by Gasteiger charge is 2.37. The van der Waals surface area contributed by atoms with E-state index in [1.807, 2.05) is 58.4 Å². The lowest BCUT2D eigenvalue weighted by Crippen LogP contribution is -2.54. The number of likely N-dealkylation sites (N-methyl/N-ethyl adjacent to an activating group) is 1. The van der Waals surface area contributed by atoms with Crippen LogP contribution in [0.5, 0.6) is 0 Å². The predicted octanol–water partition coefficient (Wildman–Crippen LogP) is 3.85. The molecular formula is C23H43N3O4+2. The molecular weight excluding hydrogens is 382 g/mol. The summed E-state index contributed by atoms with van der Waals surface area (Å²) < 4.78 is 5.60. The first kappa shape index (κ1) is 26.5. The molecule has 0 spiro atoms. The van der Waals surface area contributed by atoms with Gasteiger partial charge in [-0.15, -0.1) is 0 Å². The van der Waals surface area contributed by atoms with Crippen molar-refractivity contribution in [2.75, 3.05) is 48.8 Å². The normalized spacial score (nSPS) is 15.2. The minimum Gasteiger partial charge on any atom is -0.413 e. The minimum atomic E-state index is -0.412. The van der Waals surface area contributed by atoms with Gasteiger partial charge >= 0.3 is 6.09 Å². The van der Waals surface area contributed by atoms with Crippen LogP contribution < -0.4 is 0 Å². The van der Waals surface area contributed by atoms with E-state index in [2.05, 4.69) is 32.7 Å². The van der Waals surface area contributed by atoms with Crippen LogP contribution in [0.3, 0.4) is 0 Å². The summed E-state index contributed by atoms with van der Waals surface area (Å²) in [6.07, 6.45) is 0.265. The van der Waals surface area contributed by atoms with E-state index in [0.29, 0.717) is 4.65 Å². The standard InChI is InChI=1S/C23H43N3O4/c1-19(16-17-24(5)20(2)23(3,4)30-25(6,7)8)29-26(9,10)22(27)28-18-21-14-12-11-13-15-21/h11-15,19-20H,16-18H2,1-10H3/q+2. The summed E-state index contributed by atoms with van der Waals surface area (Å²) in [6, 6.07) is 9.84. The summed E-state index contributed by atoms with van der Waals surface area (Å²) >= 11 is 0. The van der Waals surface area contributed by atoms with Gasteiger partial charge in [0.1, 0.15) is 32.4 Å². The quantitative estimate of drug-likeness (QED) is 0.398. The van der Waals surface area contributed by atoms with Crippen LogP contribution in [0.25, 0.3) is 0 Å². The van der Waals surface area contributed by atoms with Gasteiger partial charge in [0.25, 0.3) is 0 Å². The first-order valence-corrected chi connectivity index (χ1v) is 10.6. The van der Waals surface area contributed by atoms with Crippen LogP contribution >= 0.6 is 0 Å². The fourth-order valence-corrected chi connectivity index (χ4v) is 3.31. The van der Waals surface area contributed by atoms with Gasteiger partial charge in [0.2, 0.25) is 0 Å². The topological polar surface area (TPSA) is 48.0 Å². The molecule has 0 aliphatic rings. The molecule has 0 saturated heterocycles. The molecule has 0 radical (unpaired) electrons. The van der Waals surface area contributed by atoms with Gasteiger partial charge in [-0.2, -0.15) is 19.1 Å². The SMILES string of the molecule is CC(CCN(C)C(C)C(C)(C)O[N+](C)(C)C)O[N+](C)(C)C(=O)OCc1ccccc1. The zero-order valence-electron chi connectivity index (χ0n) is 20.6. The number of hydrogen-bond donors (Lipinski definition) is 0. The summed E-state index contributed by atoms with van der Waals surface area (Å²) in [5.74, 6) is 0. The van der Waals surface area contributed by atoms with Crippen LogP contribution in [0, 0.1) is 0 Å². The summed E-state index contributed by atoms with van der Waals surface area (Å²) in [5, 5.41) is 0. The van der Waals surface area contributed by atoms with Gasteiger partial charge in [-0.25, -0.2) is 0 Å². The Morgan fingerprint density at radius 3 is 2.17 bits per heavy atom. The van der Waals surface area contributed by atoms with Gasteiger partial charge in [0, 0.05) is 12.6 Å². The second-order valence-corrected chi connectivity index (χ2v) is 9.84. The molecule has 1 amide bonds. The molecule has 0 bridgehead atoms. The number of quaternary nitrogens is 2. The number of carbonyl (C=O) groups is 1. The minimum absolute atomic E-state index is 0.110. The Balaban J connectivity index is 2.51. The largest absolute Gasteiger partial charge is 0.549 e. The second-order valence-electron chi connectivity index (χ2n) is 9.84. The van der Waals surface area contributed by atoms with E-state index in [-0.39, 0.29) is 29.0 Å². The molecule has 172 valence electrons. The first-order valence-electron chi connectivity index (χ1n) is 10.6. The lowest BCUT2D eigenvalue weighted by atomic mass is 9.99. The molecule has 0 fully saturated rings. The van der Waals surface area contributed by atoms with E-state index < -0.39 is 6.09 Å². The monoisotopic (exact) mass is 425 g/mol. The van der Waals surface area contributed by atoms with Gasteiger partial charge in [-0.05, 0) is 46.7 Å². The molecule has 1 aromatic rings. The molecule has 2 atom stereocenters. The Kier molecular flexibility index (Phi) is 9.45. The smallest absolute Gasteiger partial charge is 0.413 e. The number of carbonyl (C=O) groups excluding carboxylic acids is 1. The van der Waals surface area contributed by atoms with Crippen molar-refractivity contribution in [3.63, 3.8) is 0 Å². The molecule has 0 aliphatic heterocycles. The van der Waals surface area contributed by atoms with Gasteiger partial charge in [0.05, 0.1) is 21.1 Å². The van der Waals surface area contributed by atoms with Crippen molar-refractivity contribution in [3.8, 4) is 0 Å². The van der Waals surface area contributed by atoms with Crippen molar-refractivity contribution in [2.24, 2.45) is 0 Å². The Bertz CT molecular complexity index is 656. The maximum atomic E-state index is 12.5. The zero-order valence-corrected chi connectivity index (χ0v) is 20.6. The number of hydroxylamine groups is 6. The summed E-state index contributed by atoms with van der Waals surface area (Å²) in [5.41, 5.74) is 0.640. The molecule has 0 heterocycles. The van der Waals surface area contributed by atoms with Crippen molar-refractivity contribution < 1.29 is 28.5 Å². The van der Waals surface area contributed by atoms with Crippen molar-refractivity contribution in [1.29, 1.82) is 0 Å². The van der Waals surface area contributed by atoms with Crippen molar-refractivity contribution in [2.45, 2.75) is 58.5 Å². The van der Waals surface area contributed by atoms with Gasteiger partial charge in [0.15, 0.2) is 0 Å². The maximum Gasteiger partial charge on any atom is 0.549 e. The number of ether oxygens (including phenoxy) is 1. The maximum absolute atomic E-state index is 12.5. The molecule has 0 aliphatic carbocycles. The number of nitrogens with zero attached hydrogens (tertiary/aromatic N) is 3. The fourth-order valence-electron chi connectivity index (χ4n) is 3.31. The molecule has 7 heteroatoms. The summed E-state index contributed by atoms with van der Waals surface area (Å²) in [6.45, 7) is 9.44. The van der Waals surface area contributed by atoms with Gasteiger partial charge in [-0.3, -0.25) is 0 Å². The number of amides is 1. The van der Waals surface area contributed by atoms with Crippen LogP contribution in [-0.2, 0) is 21.0 Å². The number of hydrogen-bond acceptors (Lipinski definition) is 5. The highest BCUT2D eigenvalue weighted by Crippen LogP contribution is 2.22. The number of rotatable bonds is 11. The number of benzene rings is 1. The summed E-state index contributed by atoms with van der Waals surface area (Å²) in [4.78, 5) is 26.9. The second kappa shape index (κ2) is 10.7. The van der Waals surface area contributed by atoms with E-state index in [1.165, 1.54) is 0 Å². The van der Waals surface area contributed by atoms with Crippen molar-refractivity contribution in [3.05, 3.63) is 35.9 Å². The predicted molar refractivity (Wildman–Crippen MR) is 119 cm³/mol. The third kappa shape index (κ3) is 9.10. The average molecular weight is 426 g/mol. The van der Waals surface area contributed by atoms with Crippen LogP contribution in [0.1, 0.15) is 39.7 Å². The Hall–Kier alpha value is -1.51. The van der Waals surface area contributed by atoms with Gasteiger partial charge < -0.3 is 9.64 Å². The average Bonchev–Trinajstić information content (AvgIpc) is 2.62. The molecule has 2 unspecified atom stereocenters. The highest BCUT2D eigenvalue weighted by molar-refractivity contribution is 5.58. The first-order chi connectivity index (χ1) is 13.6. The molecule has 0 saturated carbocycles. The molecule has 30 heavy (non-hydrogen) atoms. The molecule has 1 aromatic carbocycles. The highest BCUT2D eigenvalue weighted by atomic mass is 16.8. The Labute approximate surface area is 183 Å². The van der Waals surface area contributed by atoms with E-state index in [9.17, 15) is 4.79 Å². The van der Waals surface area contributed by atoms with Gasteiger partial charge in [-0.1, -0.05) is 35.0 Å². The lowest BCUT2D eigenvalue weighted by molar-refractivity contribution is -1.07. The van der Waals surface area contributed by atoms with E-state index in [1.54, 1.807) is 14.1 Å². The molecule has 0 aromatic heterocycles. The fraction of sp³-hybridized carbons (Fsp3) is 0.696. The lowest BCUT2D eigenvalue weighted by Gasteiger charge is -2.40. The third-order valence-electron chi connectivity index (χ3n) is 5.15. The third-order valence-corrected chi connectivity index (χ3v) is 5.15.